The molecule has 3 unspecified atom stereocenters. The lowest BCUT2D eigenvalue weighted by Crippen LogP contribution is -2.50. The standard InChI is InChI=1S/C17H13F5N2O4S/c18-11-12(19)14(21)17(16(25)26,15(22)13(11)20)7-3-4-8-9(6-7)29(27,28)23-10-2-1-5-24(8)10/h3-4,6,10,14,23H,1-2,5H2,(H,25,26). The van der Waals surface area contributed by atoms with Gasteiger partial charge in [-0.15, -0.1) is 0 Å². The predicted octanol–water partition coefficient (Wildman–Crippen LogP) is 2.88. The van der Waals surface area contributed by atoms with E-state index in [1.807, 2.05) is 0 Å². The Morgan fingerprint density at radius 3 is 2.55 bits per heavy atom. The molecule has 12 heteroatoms. The van der Waals surface area contributed by atoms with Crippen LogP contribution in [0.2, 0.25) is 0 Å². The zero-order valence-corrected chi connectivity index (χ0v) is 15.2. The molecule has 156 valence electrons. The number of sulfonamides is 1. The maximum atomic E-state index is 14.7. The maximum absolute atomic E-state index is 14.7. The van der Waals surface area contributed by atoms with E-state index in [1.165, 1.54) is 0 Å². The van der Waals surface area contributed by atoms with Crippen molar-refractivity contribution in [3.8, 4) is 0 Å². The van der Waals surface area contributed by atoms with Crippen LogP contribution in [0.3, 0.4) is 0 Å². The number of fused-ring (bicyclic) bond motifs is 3. The lowest BCUT2D eigenvalue weighted by atomic mass is 9.72. The molecule has 1 aromatic rings. The van der Waals surface area contributed by atoms with Crippen molar-refractivity contribution < 1.29 is 40.3 Å². The fourth-order valence-electron chi connectivity index (χ4n) is 4.02. The number of anilines is 1. The van der Waals surface area contributed by atoms with Crippen LogP contribution in [0.1, 0.15) is 18.4 Å². The number of aliphatic carboxylic acids is 1. The first-order valence-electron chi connectivity index (χ1n) is 8.45. The van der Waals surface area contributed by atoms with E-state index in [9.17, 15) is 40.3 Å². The van der Waals surface area contributed by atoms with Crippen LogP contribution < -0.4 is 9.62 Å². The van der Waals surface area contributed by atoms with Crippen LogP contribution in [0.4, 0.5) is 27.6 Å². The van der Waals surface area contributed by atoms with Crippen LogP contribution in [-0.2, 0) is 20.2 Å². The van der Waals surface area contributed by atoms with E-state index < -0.39 is 67.5 Å². The molecular weight excluding hydrogens is 423 g/mol. The molecule has 0 aromatic heterocycles. The summed E-state index contributed by atoms with van der Waals surface area (Å²) >= 11 is 0. The summed E-state index contributed by atoms with van der Waals surface area (Å²) in [6.45, 7) is 0.473. The second kappa shape index (κ2) is 6.26. The van der Waals surface area contributed by atoms with Gasteiger partial charge in [0.1, 0.15) is 4.90 Å². The number of alkyl halides is 1. The fourth-order valence-corrected chi connectivity index (χ4v) is 5.49. The number of carboxylic acids is 1. The molecule has 6 nitrogen and oxygen atoms in total. The second-order valence-electron chi connectivity index (χ2n) is 6.92. The third kappa shape index (κ3) is 2.48. The molecular formula is C17H13F5N2O4S. The van der Waals surface area contributed by atoms with Crippen molar-refractivity contribution in [1.82, 2.24) is 4.72 Å². The molecule has 3 atom stereocenters. The summed E-state index contributed by atoms with van der Waals surface area (Å²) in [5.41, 5.74) is -4.33. The quantitative estimate of drug-likeness (QED) is 0.697. The second-order valence-corrected chi connectivity index (χ2v) is 8.60. The molecule has 0 radical (unpaired) electrons. The van der Waals surface area contributed by atoms with Gasteiger partial charge in [0.15, 0.2) is 34.9 Å². The third-order valence-corrected chi connectivity index (χ3v) is 6.93. The minimum absolute atomic E-state index is 0.161. The van der Waals surface area contributed by atoms with Crippen molar-refractivity contribution in [2.75, 3.05) is 11.4 Å². The number of allylic oxidation sites excluding steroid dienone is 3. The van der Waals surface area contributed by atoms with Crippen molar-refractivity contribution in [2.45, 2.75) is 35.5 Å². The summed E-state index contributed by atoms with van der Waals surface area (Å²) in [4.78, 5) is 13.0. The highest BCUT2D eigenvalue weighted by atomic mass is 32.2. The van der Waals surface area contributed by atoms with Crippen molar-refractivity contribution >= 4 is 21.7 Å². The summed E-state index contributed by atoms with van der Waals surface area (Å²) in [6, 6.07) is 2.64. The summed E-state index contributed by atoms with van der Waals surface area (Å²) < 4.78 is 98.0. The van der Waals surface area contributed by atoms with Gasteiger partial charge in [-0.3, -0.25) is 4.79 Å². The van der Waals surface area contributed by atoms with Crippen LogP contribution in [0.15, 0.2) is 46.4 Å². The molecule has 4 rings (SSSR count). The SMILES string of the molecule is O=C(O)C1(c2ccc3c(c2)S(=O)(=O)NC2CCCN32)C(F)=C(F)C(F)=C(F)C1F. The van der Waals surface area contributed by atoms with E-state index in [4.69, 9.17) is 0 Å². The first-order valence-corrected chi connectivity index (χ1v) is 9.94. The summed E-state index contributed by atoms with van der Waals surface area (Å²) in [7, 11) is -4.20. The number of halogens is 5. The molecule has 1 aromatic carbocycles. The normalized spacial score (nSPS) is 31.0. The van der Waals surface area contributed by atoms with Gasteiger partial charge in [-0.05, 0) is 30.5 Å². The number of nitrogens with zero attached hydrogens (tertiary/aromatic N) is 1. The minimum atomic E-state index is -4.20. The van der Waals surface area contributed by atoms with Gasteiger partial charge in [0.05, 0.1) is 11.9 Å². The van der Waals surface area contributed by atoms with Crippen LogP contribution in [-0.4, -0.2) is 38.4 Å². The van der Waals surface area contributed by atoms with Gasteiger partial charge in [0.2, 0.25) is 10.0 Å². The van der Waals surface area contributed by atoms with E-state index in [2.05, 4.69) is 4.72 Å². The van der Waals surface area contributed by atoms with Gasteiger partial charge < -0.3 is 10.0 Å². The molecule has 1 saturated heterocycles. The van der Waals surface area contributed by atoms with Crippen LogP contribution >= 0.6 is 0 Å². The van der Waals surface area contributed by atoms with Gasteiger partial charge in [-0.2, -0.15) is 4.72 Å². The Labute approximate surface area is 161 Å². The maximum Gasteiger partial charge on any atom is 0.324 e. The topological polar surface area (TPSA) is 86.7 Å². The first-order chi connectivity index (χ1) is 13.5. The monoisotopic (exact) mass is 436 g/mol. The fraction of sp³-hybridized carbons (Fsp3) is 0.353. The Bertz CT molecular complexity index is 1100. The average molecular weight is 436 g/mol. The molecule has 2 aliphatic heterocycles. The molecule has 3 aliphatic rings. The summed E-state index contributed by atoms with van der Waals surface area (Å²) in [6.07, 6.45) is -2.79. The highest BCUT2D eigenvalue weighted by Gasteiger charge is 2.60. The van der Waals surface area contributed by atoms with Gasteiger partial charge in [-0.25, -0.2) is 30.4 Å². The Morgan fingerprint density at radius 2 is 1.90 bits per heavy atom. The molecule has 0 bridgehead atoms. The van der Waals surface area contributed by atoms with Gasteiger partial charge in [-0.1, -0.05) is 6.07 Å². The van der Waals surface area contributed by atoms with Crippen molar-refractivity contribution in [1.29, 1.82) is 0 Å². The molecule has 29 heavy (non-hydrogen) atoms. The number of nitrogens with one attached hydrogen (secondary N) is 1. The number of benzene rings is 1. The molecule has 1 fully saturated rings. The van der Waals surface area contributed by atoms with Crippen LogP contribution in [0.5, 0.6) is 0 Å². The summed E-state index contributed by atoms with van der Waals surface area (Å²) in [5, 5.41) is 9.52. The smallest absolute Gasteiger partial charge is 0.324 e. The largest absolute Gasteiger partial charge is 0.480 e. The van der Waals surface area contributed by atoms with Gasteiger partial charge >= 0.3 is 5.97 Å². The molecule has 2 N–H and O–H groups in total. The Morgan fingerprint density at radius 1 is 1.21 bits per heavy atom. The van der Waals surface area contributed by atoms with Crippen LogP contribution in [0, 0.1) is 0 Å². The van der Waals surface area contributed by atoms with Gasteiger partial charge in [0, 0.05) is 6.54 Å². The number of hydrogen-bond acceptors (Lipinski definition) is 4. The number of carboxylic acid groups (broad SMARTS) is 1. The molecule has 0 amide bonds. The summed E-state index contributed by atoms with van der Waals surface area (Å²) in [5.74, 6) is -12.1. The van der Waals surface area contributed by atoms with E-state index >= 15 is 0 Å². The zero-order valence-electron chi connectivity index (χ0n) is 14.4. The predicted molar refractivity (Wildman–Crippen MR) is 89.8 cm³/mol. The zero-order chi connectivity index (χ0) is 21.3. The number of carbonyl (C=O) groups is 1. The van der Waals surface area contributed by atoms with Crippen molar-refractivity contribution in [2.24, 2.45) is 0 Å². The Kier molecular flexibility index (Phi) is 4.28. The van der Waals surface area contributed by atoms with E-state index in [1.54, 1.807) is 4.90 Å². The highest BCUT2D eigenvalue weighted by molar-refractivity contribution is 7.89. The van der Waals surface area contributed by atoms with Gasteiger partial charge in [0.25, 0.3) is 0 Å². The van der Waals surface area contributed by atoms with Crippen molar-refractivity contribution in [3.05, 3.63) is 47.1 Å². The lowest BCUT2D eigenvalue weighted by molar-refractivity contribution is -0.145. The van der Waals surface area contributed by atoms with Crippen LogP contribution in [0.25, 0.3) is 0 Å². The van der Waals surface area contributed by atoms with Crippen molar-refractivity contribution in [3.63, 3.8) is 0 Å². The first kappa shape index (κ1) is 19.8. The number of rotatable bonds is 2. The van der Waals surface area contributed by atoms with E-state index in [0.29, 0.717) is 25.5 Å². The average Bonchev–Trinajstić information content (AvgIpc) is 3.12. The van der Waals surface area contributed by atoms with E-state index in [-0.39, 0.29) is 5.69 Å². The molecule has 0 spiro atoms. The number of hydrogen-bond donors (Lipinski definition) is 2. The molecule has 1 aliphatic carbocycles. The third-order valence-electron chi connectivity index (χ3n) is 5.44. The lowest BCUT2D eigenvalue weighted by Gasteiger charge is -2.37. The van der Waals surface area contributed by atoms with E-state index in [0.717, 1.165) is 12.1 Å². The molecule has 0 saturated carbocycles. The molecule has 2 heterocycles. The Balaban J connectivity index is 1.98. The highest BCUT2D eigenvalue weighted by Crippen LogP contribution is 2.51. The minimum Gasteiger partial charge on any atom is -0.480 e. The Hall–Kier alpha value is -2.47.